The minimum Gasteiger partial charge on any atom is -0.508 e. The van der Waals surface area contributed by atoms with E-state index in [1.807, 2.05) is 25.1 Å². The third-order valence-corrected chi connectivity index (χ3v) is 6.14. The van der Waals surface area contributed by atoms with Crippen molar-refractivity contribution in [2.24, 2.45) is 0 Å². The number of nitrogens with zero attached hydrogens (tertiary/aromatic N) is 1. The molecule has 2 N–H and O–H groups in total. The minimum atomic E-state index is -0.896. The number of benzene rings is 3. The Labute approximate surface area is 197 Å². The maximum absolute atomic E-state index is 13.6. The highest BCUT2D eigenvalue weighted by Crippen LogP contribution is 2.42. The quantitative estimate of drug-likeness (QED) is 0.333. The molecule has 1 aliphatic heterocycles. The number of phenols is 1. The number of halogens is 1. The number of aliphatic hydroxyl groups is 1. The van der Waals surface area contributed by atoms with E-state index in [0.29, 0.717) is 22.2 Å². The van der Waals surface area contributed by atoms with Gasteiger partial charge in [0.05, 0.1) is 11.6 Å². The maximum Gasteiger partial charge on any atom is 0.294 e. The van der Waals surface area contributed by atoms with Crippen molar-refractivity contribution in [1.29, 1.82) is 0 Å². The number of Topliss-reactive ketones (excluding diaryl/α,β-unsaturated/α-hetero) is 1. The van der Waals surface area contributed by atoms with Gasteiger partial charge in [-0.2, -0.15) is 0 Å². The summed E-state index contributed by atoms with van der Waals surface area (Å²) >= 11 is 3.40. The minimum absolute atomic E-state index is 0.0207. The van der Waals surface area contributed by atoms with Gasteiger partial charge in [0.15, 0.2) is 11.5 Å². The van der Waals surface area contributed by atoms with E-state index in [2.05, 4.69) is 15.9 Å². The van der Waals surface area contributed by atoms with E-state index in [0.717, 1.165) is 10.0 Å². The number of aryl methyl sites for hydroxylation is 1. The predicted octanol–water partition coefficient (Wildman–Crippen LogP) is 5.99. The van der Waals surface area contributed by atoms with Crippen LogP contribution in [0.4, 0.5) is 5.69 Å². The largest absolute Gasteiger partial charge is 0.508 e. The lowest BCUT2D eigenvalue weighted by molar-refractivity contribution is -0.117. The van der Waals surface area contributed by atoms with Crippen molar-refractivity contribution in [1.82, 2.24) is 0 Å². The molecule has 164 valence electrons. The number of ketones is 1. The summed E-state index contributed by atoms with van der Waals surface area (Å²) in [5.41, 5.74) is 2.47. The van der Waals surface area contributed by atoms with Crippen LogP contribution in [0.2, 0.25) is 0 Å². The molecule has 4 aromatic rings. The average molecular weight is 504 g/mol. The van der Waals surface area contributed by atoms with Gasteiger partial charge in [-0.05, 0) is 66.6 Å². The number of aromatic hydroxyl groups is 1. The first kappa shape index (κ1) is 21.0. The molecule has 0 spiro atoms. The fourth-order valence-corrected chi connectivity index (χ4v) is 4.49. The molecule has 0 aliphatic carbocycles. The normalized spacial score (nSPS) is 16.1. The van der Waals surface area contributed by atoms with Crippen LogP contribution in [0.25, 0.3) is 11.0 Å². The van der Waals surface area contributed by atoms with Gasteiger partial charge in [-0.15, -0.1) is 0 Å². The van der Waals surface area contributed by atoms with Crippen molar-refractivity contribution < 1.29 is 24.2 Å². The lowest BCUT2D eigenvalue weighted by Gasteiger charge is -2.27. The van der Waals surface area contributed by atoms with E-state index >= 15 is 0 Å². The van der Waals surface area contributed by atoms with E-state index < -0.39 is 23.5 Å². The molecule has 3 aromatic carbocycles. The number of hydrogen-bond donors (Lipinski definition) is 2. The molecule has 0 radical (unpaired) electrons. The van der Waals surface area contributed by atoms with Crippen LogP contribution in [0.3, 0.4) is 0 Å². The standard InChI is InChI=1S/C26H18BrNO5/c1-14-3-2-4-18(11-14)28-23(15-5-8-19(29)9-6-15)22(25(31)26(28)32)24(30)21-13-16-12-17(27)7-10-20(16)33-21/h2-13,23,29,31H,1H3. The number of phenolic OH excluding ortho intramolecular Hbond substituents is 1. The van der Waals surface area contributed by atoms with Crippen LogP contribution in [0.15, 0.2) is 93.0 Å². The highest BCUT2D eigenvalue weighted by Gasteiger charge is 2.45. The van der Waals surface area contributed by atoms with E-state index in [-0.39, 0.29) is 17.1 Å². The van der Waals surface area contributed by atoms with Crippen LogP contribution in [-0.4, -0.2) is 21.9 Å². The zero-order valence-electron chi connectivity index (χ0n) is 17.4. The van der Waals surface area contributed by atoms with Gasteiger partial charge in [-0.3, -0.25) is 14.5 Å². The first-order chi connectivity index (χ1) is 15.8. The second kappa shape index (κ2) is 7.94. The molecule has 1 aromatic heterocycles. The summed E-state index contributed by atoms with van der Waals surface area (Å²) in [7, 11) is 0. The third kappa shape index (κ3) is 3.60. The lowest BCUT2D eigenvalue weighted by Crippen LogP contribution is -2.31. The van der Waals surface area contributed by atoms with Gasteiger partial charge in [0.1, 0.15) is 11.3 Å². The van der Waals surface area contributed by atoms with Gasteiger partial charge >= 0.3 is 0 Å². The molecule has 0 saturated heterocycles. The van der Waals surface area contributed by atoms with Gasteiger partial charge < -0.3 is 14.6 Å². The molecular formula is C26H18BrNO5. The Morgan fingerprint density at radius 3 is 2.48 bits per heavy atom. The van der Waals surface area contributed by atoms with Crippen LogP contribution in [0.5, 0.6) is 5.75 Å². The monoisotopic (exact) mass is 503 g/mol. The highest BCUT2D eigenvalue weighted by atomic mass is 79.9. The van der Waals surface area contributed by atoms with E-state index in [1.54, 1.807) is 42.5 Å². The lowest BCUT2D eigenvalue weighted by atomic mass is 9.94. The molecule has 0 fully saturated rings. The SMILES string of the molecule is Cc1cccc(N2C(=O)C(O)=C(C(=O)c3cc4cc(Br)ccc4o3)C2c2ccc(O)cc2)c1. The summed E-state index contributed by atoms with van der Waals surface area (Å²) in [5, 5.41) is 21.3. The molecule has 0 bridgehead atoms. The Balaban J connectivity index is 1.66. The van der Waals surface area contributed by atoms with Crippen molar-refractivity contribution in [2.75, 3.05) is 4.90 Å². The summed E-state index contributed by atoms with van der Waals surface area (Å²) < 4.78 is 6.59. The third-order valence-electron chi connectivity index (χ3n) is 5.64. The van der Waals surface area contributed by atoms with E-state index in [4.69, 9.17) is 4.42 Å². The molecule has 33 heavy (non-hydrogen) atoms. The van der Waals surface area contributed by atoms with Crippen molar-refractivity contribution in [2.45, 2.75) is 13.0 Å². The summed E-state index contributed by atoms with van der Waals surface area (Å²) in [6.07, 6.45) is 0. The number of anilines is 1. The maximum atomic E-state index is 13.6. The van der Waals surface area contributed by atoms with Gasteiger partial charge in [0.2, 0.25) is 5.78 Å². The van der Waals surface area contributed by atoms with Crippen LogP contribution in [0, 0.1) is 6.92 Å². The fourth-order valence-electron chi connectivity index (χ4n) is 4.11. The molecule has 1 amide bonds. The van der Waals surface area contributed by atoms with Crippen LogP contribution >= 0.6 is 15.9 Å². The number of aliphatic hydroxyl groups excluding tert-OH is 1. The van der Waals surface area contributed by atoms with Crippen LogP contribution in [-0.2, 0) is 4.79 Å². The topological polar surface area (TPSA) is 91.0 Å². The van der Waals surface area contributed by atoms with Gasteiger partial charge in [-0.1, -0.05) is 40.2 Å². The Morgan fingerprint density at radius 1 is 1.00 bits per heavy atom. The molecule has 5 rings (SSSR count). The van der Waals surface area contributed by atoms with Gasteiger partial charge in [0.25, 0.3) is 5.91 Å². The molecule has 6 nitrogen and oxygen atoms in total. The number of furan rings is 1. The molecule has 0 saturated carbocycles. The second-order valence-electron chi connectivity index (χ2n) is 7.89. The zero-order chi connectivity index (χ0) is 23.3. The molecule has 1 unspecified atom stereocenters. The first-order valence-electron chi connectivity index (χ1n) is 10.2. The predicted molar refractivity (Wildman–Crippen MR) is 127 cm³/mol. The summed E-state index contributed by atoms with van der Waals surface area (Å²) in [6, 6.07) is 19.5. The second-order valence-corrected chi connectivity index (χ2v) is 8.81. The van der Waals surface area contributed by atoms with E-state index in [1.165, 1.54) is 17.0 Å². The number of amides is 1. The molecule has 2 heterocycles. The van der Waals surface area contributed by atoms with Crippen molar-refractivity contribution in [3.63, 3.8) is 0 Å². The Hall–Kier alpha value is -3.84. The van der Waals surface area contributed by atoms with E-state index in [9.17, 15) is 19.8 Å². The zero-order valence-corrected chi connectivity index (χ0v) is 19.0. The van der Waals surface area contributed by atoms with Gasteiger partial charge in [-0.25, -0.2) is 0 Å². The van der Waals surface area contributed by atoms with Crippen molar-refractivity contribution in [3.05, 3.63) is 105 Å². The average Bonchev–Trinajstić information content (AvgIpc) is 3.32. The first-order valence-corrected chi connectivity index (χ1v) is 11.0. The summed E-state index contributed by atoms with van der Waals surface area (Å²) in [6.45, 7) is 1.89. The molecule has 1 aliphatic rings. The van der Waals surface area contributed by atoms with Crippen molar-refractivity contribution in [3.8, 4) is 5.75 Å². The number of carbonyl (C=O) groups is 2. The smallest absolute Gasteiger partial charge is 0.294 e. The number of carbonyl (C=O) groups excluding carboxylic acids is 2. The Morgan fingerprint density at radius 2 is 1.76 bits per heavy atom. The van der Waals surface area contributed by atoms with Gasteiger partial charge in [0, 0.05) is 15.5 Å². The number of fused-ring (bicyclic) bond motifs is 1. The summed E-state index contributed by atoms with van der Waals surface area (Å²) in [4.78, 5) is 28.2. The number of rotatable bonds is 4. The highest BCUT2D eigenvalue weighted by molar-refractivity contribution is 9.10. The van der Waals surface area contributed by atoms with Crippen LogP contribution in [0.1, 0.15) is 27.7 Å². The Bertz CT molecular complexity index is 1450. The fraction of sp³-hybridized carbons (Fsp3) is 0.0769. The molecule has 7 heteroatoms. The van der Waals surface area contributed by atoms with Crippen molar-refractivity contribution >= 4 is 44.3 Å². The van der Waals surface area contributed by atoms with Crippen LogP contribution < -0.4 is 4.90 Å². The molecule has 1 atom stereocenters. The molecular weight excluding hydrogens is 486 g/mol. The number of hydrogen-bond acceptors (Lipinski definition) is 5. The summed E-state index contributed by atoms with van der Waals surface area (Å²) in [5.74, 6) is -1.81. The Kier molecular flexibility index (Phi) is 5.06.